The molecule has 2 aliphatic rings. The molecule has 1 aromatic carbocycles. The number of carbonyl (C=O) groups excluding carboxylic acids is 1. The normalized spacial score (nSPS) is 17.1. The summed E-state index contributed by atoms with van der Waals surface area (Å²) in [4.78, 5) is 20.5. The molecule has 0 atom stereocenters. The number of nitrogens with one attached hydrogen (secondary N) is 1. The SMILES string of the molecule is CCN1CCc2nc3ccccc3c(C(=O)Nc3nnc(C4CC4)s3)c2C1. The number of hydrogen-bond acceptors (Lipinski definition) is 6. The first-order valence-electron chi connectivity index (χ1n) is 9.50. The van der Waals surface area contributed by atoms with Crippen LogP contribution in [-0.4, -0.2) is 39.1 Å². The average molecular weight is 379 g/mol. The van der Waals surface area contributed by atoms with E-state index in [1.54, 1.807) is 0 Å². The number of carbonyl (C=O) groups is 1. The number of pyridine rings is 1. The standard InChI is InChI=1S/C20H21N5OS/c1-2-25-10-9-16-14(11-25)17(13-5-3-4-6-15(13)21-16)18(26)22-20-24-23-19(27-20)12-7-8-12/h3-6,12H,2,7-11H2,1H3,(H,22,24,26). The van der Waals surface area contributed by atoms with E-state index in [2.05, 4.69) is 27.3 Å². The summed E-state index contributed by atoms with van der Waals surface area (Å²) in [5.74, 6) is 0.432. The van der Waals surface area contributed by atoms with Crippen molar-refractivity contribution in [2.45, 2.75) is 38.6 Å². The van der Waals surface area contributed by atoms with Crippen molar-refractivity contribution in [1.29, 1.82) is 0 Å². The largest absolute Gasteiger partial charge is 0.299 e. The van der Waals surface area contributed by atoms with Gasteiger partial charge in [-0.05, 0) is 25.5 Å². The summed E-state index contributed by atoms with van der Waals surface area (Å²) in [6, 6.07) is 7.90. The van der Waals surface area contributed by atoms with E-state index in [0.717, 1.165) is 58.8 Å². The molecule has 1 aliphatic heterocycles. The number of aromatic nitrogens is 3. The maximum absolute atomic E-state index is 13.3. The summed E-state index contributed by atoms with van der Waals surface area (Å²) in [5, 5.41) is 13.9. The maximum atomic E-state index is 13.3. The highest BCUT2D eigenvalue weighted by atomic mass is 32.1. The maximum Gasteiger partial charge on any atom is 0.258 e. The van der Waals surface area contributed by atoms with Crippen LogP contribution in [0.1, 0.15) is 52.3 Å². The fraction of sp³-hybridized carbons (Fsp3) is 0.400. The van der Waals surface area contributed by atoms with Crippen molar-refractivity contribution in [2.75, 3.05) is 18.4 Å². The second kappa shape index (κ2) is 6.65. The van der Waals surface area contributed by atoms with Crippen molar-refractivity contribution in [3.63, 3.8) is 0 Å². The zero-order chi connectivity index (χ0) is 18.4. The van der Waals surface area contributed by atoms with Crippen molar-refractivity contribution in [3.05, 3.63) is 46.1 Å². The molecule has 0 radical (unpaired) electrons. The van der Waals surface area contributed by atoms with E-state index in [9.17, 15) is 4.79 Å². The first kappa shape index (κ1) is 16.8. The molecule has 1 aliphatic carbocycles. The van der Waals surface area contributed by atoms with Crippen molar-refractivity contribution in [2.24, 2.45) is 0 Å². The van der Waals surface area contributed by atoms with Crippen LogP contribution in [0.5, 0.6) is 0 Å². The van der Waals surface area contributed by atoms with E-state index in [1.165, 1.54) is 24.2 Å². The molecule has 2 aromatic heterocycles. The molecule has 7 heteroatoms. The molecule has 3 aromatic rings. The lowest BCUT2D eigenvalue weighted by atomic mass is 9.95. The van der Waals surface area contributed by atoms with Crippen LogP contribution in [0.3, 0.4) is 0 Å². The molecule has 1 saturated carbocycles. The Kier molecular flexibility index (Phi) is 4.13. The van der Waals surface area contributed by atoms with Gasteiger partial charge in [0.25, 0.3) is 5.91 Å². The Morgan fingerprint density at radius 2 is 2.15 bits per heavy atom. The van der Waals surface area contributed by atoms with Crippen LogP contribution >= 0.6 is 11.3 Å². The van der Waals surface area contributed by atoms with E-state index in [1.807, 2.05) is 24.3 Å². The van der Waals surface area contributed by atoms with Gasteiger partial charge in [-0.15, -0.1) is 10.2 Å². The summed E-state index contributed by atoms with van der Waals surface area (Å²) in [5.41, 5.74) is 3.70. The molecule has 5 rings (SSSR count). The van der Waals surface area contributed by atoms with Gasteiger partial charge < -0.3 is 0 Å². The molecule has 138 valence electrons. The second-order valence-corrected chi connectivity index (χ2v) is 8.23. The molecule has 1 N–H and O–H groups in total. The quantitative estimate of drug-likeness (QED) is 0.750. The Bertz CT molecular complexity index is 1030. The second-order valence-electron chi connectivity index (χ2n) is 7.22. The number of para-hydroxylation sites is 1. The Balaban J connectivity index is 1.56. The predicted octanol–water partition coefficient (Wildman–Crippen LogP) is 3.59. The number of amides is 1. The highest BCUT2D eigenvalue weighted by molar-refractivity contribution is 7.15. The lowest BCUT2D eigenvalue weighted by Crippen LogP contribution is -2.33. The van der Waals surface area contributed by atoms with Gasteiger partial charge >= 0.3 is 0 Å². The number of hydrogen-bond donors (Lipinski definition) is 1. The fourth-order valence-electron chi connectivity index (χ4n) is 3.72. The van der Waals surface area contributed by atoms with Crippen LogP contribution in [0.2, 0.25) is 0 Å². The number of anilines is 1. The van der Waals surface area contributed by atoms with Crippen LogP contribution in [-0.2, 0) is 13.0 Å². The molecule has 3 heterocycles. The smallest absolute Gasteiger partial charge is 0.258 e. The molecule has 1 amide bonds. The van der Waals surface area contributed by atoms with Gasteiger partial charge in [0, 0.05) is 42.1 Å². The predicted molar refractivity (Wildman–Crippen MR) is 106 cm³/mol. The van der Waals surface area contributed by atoms with Gasteiger partial charge in [0.2, 0.25) is 5.13 Å². The summed E-state index contributed by atoms with van der Waals surface area (Å²) >= 11 is 1.49. The molecule has 27 heavy (non-hydrogen) atoms. The van der Waals surface area contributed by atoms with Crippen molar-refractivity contribution in [3.8, 4) is 0 Å². The highest BCUT2D eigenvalue weighted by Crippen LogP contribution is 2.42. The number of likely N-dealkylation sites (N-methyl/N-ethyl adjacent to an activating group) is 1. The van der Waals surface area contributed by atoms with Crippen molar-refractivity contribution >= 4 is 33.3 Å². The lowest BCUT2D eigenvalue weighted by Gasteiger charge is -2.29. The third-order valence-corrected chi connectivity index (χ3v) is 6.39. The van der Waals surface area contributed by atoms with Gasteiger partial charge in [-0.3, -0.25) is 20.0 Å². The number of benzene rings is 1. The van der Waals surface area contributed by atoms with E-state index in [4.69, 9.17) is 4.98 Å². The van der Waals surface area contributed by atoms with Gasteiger partial charge in [0.15, 0.2) is 0 Å². The molecular formula is C20H21N5OS. The highest BCUT2D eigenvalue weighted by Gasteiger charge is 2.29. The average Bonchev–Trinajstić information content (AvgIpc) is 3.45. The number of fused-ring (bicyclic) bond motifs is 2. The number of rotatable bonds is 4. The van der Waals surface area contributed by atoms with E-state index in [-0.39, 0.29) is 5.91 Å². The molecular weight excluding hydrogens is 358 g/mol. The lowest BCUT2D eigenvalue weighted by molar-refractivity contribution is 0.102. The van der Waals surface area contributed by atoms with Gasteiger partial charge in [-0.2, -0.15) is 0 Å². The third kappa shape index (κ3) is 3.11. The van der Waals surface area contributed by atoms with E-state index < -0.39 is 0 Å². The first-order chi connectivity index (χ1) is 13.2. The molecule has 0 spiro atoms. The molecule has 1 fully saturated rings. The minimum absolute atomic E-state index is 0.110. The van der Waals surface area contributed by atoms with Crippen molar-refractivity contribution < 1.29 is 4.79 Å². The van der Waals surface area contributed by atoms with E-state index in [0.29, 0.717) is 11.0 Å². The monoisotopic (exact) mass is 379 g/mol. The minimum atomic E-state index is -0.110. The summed E-state index contributed by atoms with van der Waals surface area (Å²) in [6.45, 7) is 4.86. The first-order valence-corrected chi connectivity index (χ1v) is 10.3. The molecule has 0 saturated heterocycles. The van der Waals surface area contributed by atoms with Crippen LogP contribution in [0.25, 0.3) is 10.9 Å². The van der Waals surface area contributed by atoms with Gasteiger partial charge in [-0.25, -0.2) is 0 Å². The van der Waals surface area contributed by atoms with Gasteiger partial charge in [0.05, 0.1) is 11.1 Å². The van der Waals surface area contributed by atoms with Gasteiger partial charge in [0.1, 0.15) is 5.01 Å². The molecule has 0 unspecified atom stereocenters. The zero-order valence-corrected chi connectivity index (χ0v) is 16.1. The van der Waals surface area contributed by atoms with Gasteiger partial charge in [-0.1, -0.05) is 36.5 Å². The van der Waals surface area contributed by atoms with Crippen LogP contribution in [0.15, 0.2) is 24.3 Å². The summed E-state index contributed by atoms with van der Waals surface area (Å²) in [7, 11) is 0. The number of nitrogens with zero attached hydrogens (tertiary/aromatic N) is 4. The Hall–Kier alpha value is -2.38. The zero-order valence-electron chi connectivity index (χ0n) is 15.2. The van der Waals surface area contributed by atoms with Crippen LogP contribution in [0.4, 0.5) is 5.13 Å². The fourth-order valence-corrected chi connectivity index (χ4v) is 4.62. The minimum Gasteiger partial charge on any atom is -0.299 e. The molecule has 0 bridgehead atoms. The van der Waals surface area contributed by atoms with Crippen molar-refractivity contribution in [1.82, 2.24) is 20.1 Å². The summed E-state index contributed by atoms with van der Waals surface area (Å²) in [6.07, 6.45) is 3.23. The van der Waals surface area contributed by atoms with Crippen LogP contribution < -0.4 is 5.32 Å². The summed E-state index contributed by atoms with van der Waals surface area (Å²) < 4.78 is 0. The van der Waals surface area contributed by atoms with Crippen LogP contribution in [0, 0.1) is 0 Å². The Morgan fingerprint density at radius 1 is 1.30 bits per heavy atom. The Morgan fingerprint density at radius 3 is 2.96 bits per heavy atom. The van der Waals surface area contributed by atoms with E-state index >= 15 is 0 Å². The molecule has 6 nitrogen and oxygen atoms in total. The third-order valence-electron chi connectivity index (χ3n) is 5.39. The topological polar surface area (TPSA) is 71.0 Å². The Labute approximate surface area is 161 Å².